The van der Waals surface area contributed by atoms with E-state index in [1.165, 1.54) is 6.92 Å². The Hall–Kier alpha value is -1.64. The zero-order chi connectivity index (χ0) is 9.84. The van der Waals surface area contributed by atoms with E-state index in [2.05, 4.69) is 4.99 Å². The van der Waals surface area contributed by atoms with E-state index in [0.717, 1.165) is 0 Å². The summed E-state index contributed by atoms with van der Waals surface area (Å²) in [5, 5.41) is 0. The van der Waals surface area contributed by atoms with E-state index in [4.69, 9.17) is 5.73 Å². The van der Waals surface area contributed by atoms with E-state index in [1.54, 1.807) is 25.1 Å². The normalized spacial score (nSPS) is 11.4. The molecule has 0 fully saturated rings. The topological polar surface area (TPSA) is 55.5 Å². The molecule has 0 aliphatic rings. The van der Waals surface area contributed by atoms with Crippen LogP contribution in [0.15, 0.2) is 29.3 Å². The van der Waals surface area contributed by atoms with Gasteiger partial charge in [-0.3, -0.25) is 4.79 Å². The summed E-state index contributed by atoms with van der Waals surface area (Å²) in [7, 11) is 0. The van der Waals surface area contributed by atoms with Gasteiger partial charge in [-0.15, -0.1) is 0 Å². The summed E-state index contributed by atoms with van der Waals surface area (Å²) in [6, 6.07) is 7.08. The average molecular weight is 176 g/mol. The smallest absolute Gasteiger partial charge is 0.159 e. The number of carbonyl (C=O) groups excluding carboxylic acids is 1. The number of aliphatic imine (C=N–C) groups is 1. The number of amidine groups is 1. The summed E-state index contributed by atoms with van der Waals surface area (Å²) in [5.41, 5.74) is 6.79. The minimum atomic E-state index is 0.0340. The minimum Gasteiger partial charge on any atom is -0.387 e. The number of Topliss-reactive ketones (excluding diaryl/α,β-unsaturated/α-hetero) is 1. The molecule has 68 valence electrons. The first-order valence-corrected chi connectivity index (χ1v) is 4.01. The van der Waals surface area contributed by atoms with Crippen LogP contribution in [0.3, 0.4) is 0 Å². The maximum atomic E-state index is 11.0. The molecule has 13 heavy (non-hydrogen) atoms. The highest BCUT2D eigenvalue weighted by atomic mass is 16.1. The lowest BCUT2D eigenvalue weighted by Gasteiger charge is -1.97. The molecule has 0 aliphatic carbocycles. The van der Waals surface area contributed by atoms with E-state index in [0.29, 0.717) is 17.1 Å². The Labute approximate surface area is 77.3 Å². The maximum Gasteiger partial charge on any atom is 0.159 e. The molecule has 3 heteroatoms. The lowest BCUT2D eigenvalue weighted by molar-refractivity contribution is 0.101. The van der Waals surface area contributed by atoms with Crippen LogP contribution in [0.1, 0.15) is 24.2 Å². The van der Waals surface area contributed by atoms with Crippen LogP contribution in [0.5, 0.6) is 0 Å². The van der Waals surface area contributed by atoms with Crippen molar-refractivity contribution in [3.8, 4) is 0 Å². The molecule has 0 amide bonds. The SMILES string of the molecule is CC(=O)c1cccc(N=C(C)N)c1. The van der Waals surface area contributed by atoms with Crippen LogP contribution in [-0.4, -0.2) is 11.6 Å². The highest BCUT2D eigenvalue weighted by molar-refractivity contribution is 5.95. The zero-order valence-electron chi connectivity index (χ0n) is 7.74. The molecule has 0 saturated heterocycles. The molecule has 1 aromatic carbocycles. The van der Waals surface area contributed by atoms with E-state index >= 15 is 0 Å². The zero-order valence-corrected chi connectivity index (χ0v) is 7.74. The highest BCUT2D eigenvalue weighted by Gasteiger charge is 1.98. The average Bonchev–Trinajstić information content (AvgIpc) is 2.03. The third kappa shape index (κ3) is 2.71. The molecule has 0 unspecified atom stereocenters. The Balaban J connectivity index is 3.06. The van der Waals surface area contributed by atoms with Crippen LogP contribution in [0.4, 0.5) is 5.69 Å². The number of nitrogens with two attached hydrogens (primary N) is 1. The summed E-state index contributed by atoms with van der Waals surface area (Å²) in [6.07, 6.45) is 0. The molecule has 2 N–H and O–H groups in total. The van der Waals surface area contributed by atoms with Crippen molar-refractivity contribution in [2.24, 2.45) is 10.7 Å². The number of nitrogens with zero attached hydrogens (tertiary/aromatic N) is 1. The third-order valence-corrected chi connectivity index (χ3v) is 1.56. The van der Waals surface area contributed by atoms with Gasteiger partial charge in [0.05, 0.1) is 11.5 Å². The van der Waals surface area contributed by atoms with Gasteiger partial charge in [-0.1, -0.05) is 12.1 Å². The number of carbonyl (C=O) groups is 1. The molecule has 0 radical (unpaired) electrons. The number of ketones is 1. The van der Waals surface area contributed by atoms with Crippen molar-refractivity contribution in [2.75, 3.05) is 0 Å². The van der Waals surface area contributed by atoms with E-state index in [1.807, 2.05) is 6.07 Å². The van der Waals surface area contributed by atoms with Gasteiger partial charge >= 0.3 is 0 Å². The fourth-order valence-electron chi connectivity index (χ4n) is 0.998. The Morgan fingerprint density at radius 3 is 2.62 bits per heavy atom. The summed E-state index contributed by atoms with van der Waals surface area (Å²) < 4.78 is 0. The van der Waals surface area contributed by atoms with Gasteiger partial charge in [0.15, 0.2) is 5.78 Å². The van der Waals surface area contributed by atoms with Gasteiger partial charge in [-0.2, -0.15) is 0 Å². The number of rotatable bonds is 2. The first-order chi connectivity index (χ1) is 6.09. The quantitative estimate of drug-likeness (QED) is 0.425. The van der Waals surface area contributed by atoms with Crippen LogP contribution in [0.2, 0.25) is 0 Å². The van der Waals surface area contributed by atoms with E-state index in [-0.39, 0.29) is 5.78 Å². The van der Waals surface area contributed by atoms with Crippen molar-refractivity contribution in [3.05, 3.63) is 29.8 Å². The Morgan fingerprint density at radius 2 is 2.08 bits per heavy atom. The Kier molecular flexibility index (Phi) is 2.80. The molecule has 0 aromatic heterocycles. The second-order valence-electron chi connectivity index (χ2n) is 2.86. The third-order valence-electron chi connectivity index (χ3n) is 1.56. The van der Waals surface area contributed by atoms with Gasteiger partial charge < -0.3 is 5.73 Å². The molecule has 1 aromatic rings. The molecule has 1 rings (SSSR count). The fraction of sp³-hybridized carbons (Fsp3) is 0.200. The van der Waals surface area contributed by atoms with Crippen molar-refractivity contribution in [1.29, 1.82) is 0 Å². The van der Waals surface area contributed by atoms with Crippen molar-refractivity contribution in [2.45, 2.75) is 13.8 Å². The fourth-order valence-corrected chi connectivity index (χ4v) is 0.998. The molecule has 3 nitrogen and oxygen atoms in total. The predicted octanol–water partition coefficient (Wildman–Crippen LogP) is 1.90. The highest BCUT2D eigenvalue weighted by Crippen LogP contribution is 2.14. The van der Waals surface area contributed by atoms with Gasteiger partial charge in [0.25, 0.3) is 0 Å². The van der Waals surface area contributed by atoms with Gasteiger partial charge in [0.2, 0.25) is 0 Å². The number of benzene rings is 1. The number of hydrogen-bond acceptors (Lipinski definition) is 2. The monoisotopic (exact) mass is 176 g/mol. The van der Waals surface area contributed by atoms with Crippen molar-refractivity contribution < 1.29 is 4.79 Å². The molecule has 0 spiro atoms. The van der Waals surface area contributed by atoms with Crippen LogP contribution < -0.4 is 5.73 Å². The standard InChI is InChI=1S/C10H12N2O/c1-7(13)9-4-3-5-10(6-9)12-8(2)11/h3-6H,1-2H3,(H2,11,12). The minimum absolute atomic E-state index is 0.0340. The lowest BCUT2D eigenvalue weighted by atomic mass is 10.1. The van der Waals surface area contributed by atoms with Crippen molar-refractivity contribution in [3.63, 3.8) is 0 Å². The number of hydrogen-bond donors (Lipinski definition) is 1. The van der Waals surface area contributed by atoms with Crippen LogP contribution in [0, 0.1) is 0 Å². The summed E-state index contributed by atoms with van der Waals surface area (Å²) in [4.78, 5) is 15.0. The Bertz CT molecular complexity index is 352. The summed E-state index contributed by atoms with van der Waals surface area (Å²) >= 11 is 0. The molecule has 0 bridgehead atoms. The predicted molar refractivity (Wildman–Crippen MR) is 53.4 cm³/mol. The van der Waals surface area contributed by atoms with Gasteiger partial charge in [-0.25, -0.2) is 4.99 Å². The molecule has 0 saturated carbocycles. The largest absolute Gasteiger partial charge is 0.387 e. The molecule has 0 heterocycles. The van der Waals surface area contributed by atoms with Crippen LogP contribution in [0.25, 0.3) is 0 Å². The summed E-state index contributed by atoms with van der Waals surface area (Å²) in [5.74, 6) is 0.521. The first-order valence-electron chi connectivity index (χ1n) is 4.01. The summed E-state index contributed by atoms with van der Waals surface area (Å²) in [6.45, 7) is 3.23. The van der Waals surface area contributed by atoms with Crippen LogP contribution >= 0.6 is 0 Å². The second kappa shape index (κ2) is 3.85. The molecule has 0 aliphatic heterocycles. The molecule has 0 atom stereocenters. The first kappa shape index (κ1) is 9.45. The Morgan fingerprint density at radius 1 is 1.38 bits per heavy atom. The van der Waals surface area contributed by atoms with Crippen LogP contribution in [-0.2, 0) is 0 Å². The van der Waals surface area contributed by atoms with Crippen molar-refractivity contribution >= 4 is 17.3 Å². The van der Waals surface area contributed by atoms with E-state index < -0.39 is 0 Å². The maximum absolute atomic E-state index is 11.0. The van der Waals surface area contributed by atoms with Gasteiger partial charge in [0.1, 0.15) is 0 Å². The lowest BCUT2D eigenvalue weighted by Crippen LogP contribution is -2.03. The molecular weight excluding hydrogens is 164 g/mol. The molecular formula is C10H12N2O. The van der Waals surface area contributed by atoms with Crippen molar-refractivity contribution in [1.82, 2.24) is 0 Å². The van der Waals surface area contributed by atoms with E-state index in [9.17, 15) is 4.79 Å². The van der Waals surface area contributed by atoms with Gasteiger partial charge in [-0.05, 0) is 26.0 Å². The second-order valence-corrected chi connectivity index (χ2v) is 2.86. The van der Waals surface area contributed by atoms with Gasteiger partial charge in [0, 0.05) is 5.56 Å².